The molecule has 0 saturated carbocycles. The number of hydrogen-bond acceptors (Lipinski definition) is 3. The number of hydrogen-bond donors (Lipinski definition) is 1. The molecule has 0 fully saturated rings. The third kappa shape index (κ3) is 1.95. The molecule has 2 rings (SSSR count). The van der Waals surface area contributed by atoms with E-state index in [1.807, 2.05) is 0 Å². The minimum atomic E-state index is -0.649. The predicted octanol–water partition coefficient (Wildman–Crippen LogP) is 1.48. The van der Waals surface area contributed by atoms with E-state index in [4.69, 9.17) is 5.53 Å². The summed E-state index contributed by atoms with van der Waals surface area (Å²) in [4.78, 5) is 25.1. The maximum Gasteiger partial charge on any atom is 0.296 e. The molecule has 0 aliphatic carbocycles. The third-order valence-electron chi connectivity index (χ3n) is 2.19. The molecule has 82 valence electrons. The number of ketones is 1. The number of Topliss-reactive ketones (excluding diaryl/α,β-unsaturated/α-hetero) is 1. The number of carbonyl (C=O) groups excluding carboxylic acids is 2. The predicted molar refractivity (Wildman–Crippen MR) is 60.3 cm³/mol. The van der Waals surface area contributed by atoms with Crippen LogP contribution in [0.1, 0.15) is 15.9 Å². The smallest absolute Gasteiger partial charge is 0.296 e. The molecular formula is C11H6N4O2. The van der Waals surface area contributed by atoms with E-state index in [1.54, 1.807) is 18.2 Å². The summed E-state index contributed by atoms with van der Waals surface area (Å²) in [5.41, 5.74) is 9.36. The fourth-order valence-electron chi connectivity index (χ4n) is 1.47. The topological polar surface area (TPSA) is 94.9 Å². The summed E-state index contributed by atoms with van der Waals surface area (Å²) < 4.78 is 0. The fraction of sp³-hybridized carbons (Fsp3) is 0.0909. The quantitative estimate of drug-likeness (QED) is 0.258. The van der Waals surface area contributed by atoms with Gasteiger partial charge >= 0.3 is 0 Å². The zero-order valence-electron chi connectivity index (χ0n) is 8.60. The molecule has 0 atom stereocenters. The van der Waals surface area contributed by atoms with Gasteiger partial charge in [0.2, 0.25) is 0 Å². The Labute approximate surface area is 96.3 Å². The Morgan fingerprint density at radius 1 is 1.41 bits per heavy atom. The van der Waals surface area contributed by atoms with Crippen LogP contribution in [-0.2, 0) is 4.79 Å². The highest BCUT2D eigenvalue weighted by atomic mass is 16.2. The number of anilines is 1. The van der Waals surface area contributed by atoms with Gasteiger partial charge in [-0.05, 0) is 17.7 Å². The zero-order chi connectivity index (χ0) is 12.3. The molecule has 1 heterocycles. The first-order chi connectivity index (χ1) is 8.24. The van der Waals surface area contributed by atoms with Crippen molar-refractivity contribution in [3.8, 4) is 11.8 Å². The van der Waals surface area contributed by atoms with E-state index in [0.29, 0.717) is 16.8 Å². The molecule has 1 N–H and O–H groups in total. The van der Waals surface area contributed by atoms with E-state index in [9.17, 15) is 9.59 Å². The molecule has 0 aromatic heterocycles. The third-order valence-corrected chi connectivity index (χ3v) is 2.19. The number of fused-ring (bicyclic) bond motifs is 1. The SMILES string of the molecule is [N-]=[N+]=NCC#Cc1cccc2c1NC(=O)C2=O. The van der Waals surface area contributed by atoms with E-state index >= 15 is 0 Å². The normalized spacial score (nSPS) is 12.0. The fourth-order valence-corrected chi connectivity index (χ4v) is 1.47. The van der Waals surface area contributed by atoms with Crippen molar-refractivity contribution < 1.29 is 9.59 Å². The lowest BCUT2D eigenvalue weighted by Gasteiger charge is -1.99. The highest BCUT2D eigenvalue weighted by Gasteiger charge is 2.29. The second-order valence-electron chi connectivity index (χ2n) is 3.20. The number of amides is 1. The second kappa shape index (κ2) is 4.39. The Kier molecular flexibility index (Phi) is 2.77. The van der Waals surface area contributed by atoms with E-state index in [0.717, 1.165) is 0 Å². The van der Waals surface area contributed by atoms with Gasteiger partial charge in [0.15, 0.2) is 0 Å². The Hall–Kier alpha value is -2.77. The van der Waals surface area contributed by atoms with E-state index < -0.39 is 11.7 Å². The number of benzene rings is 1. The number of nitrogens with one attached hydrogen (secondary N) is 1. The van der Waals surface area contributed by atoms with Gasteiger partial charge < -0.3 is 5.32 Å². The van der Waals surface area contributed by atoms with Gasteiger partial charge in [-0.15, -0.1) is 0 Å². The molecule has 1 aliphatic rings. The highest BCUT2D eigenvalue weighted by molar-refractivity contribution is 6.51. The van der Waals surface area contributed by atoms with E-state index in [1.165, 1.54) is 0 Å². The van der Waals surface area contributed by atoms with Crippen LogP contribution in [-0.4, -0.2) is 18.2 Å². The largest absolute Gasteiger partial charge is 0.317 e. The van der Waals surface area contributed by atoms with Gasteiger partial charge in [-0.3, -0.25) is 9.59 Å². The summed E-state index contributed by atoms with van der Waals surface area (Å²) in [5, 5.41) is 5.73. The average Bonchev–Trinajstić information content (AvgIpc) is 2.62. The van der Waals surface area contributed by atoms with Crippen molar-refractivity contribution in [2.75, 3.05) is 11.9 Å². The van der Waals surface area contributed by atoms with Gasteiger partial charge in [0.25, 0.3) is 11.7 Å². The molecule has 0 bridgehead atoms. The van der Waals surface area contributed by atoms with E-state index in [2.05, 4.69) is 27.2 Å². The van der Waals surface area contributed by atoms with Gasteiger partial charge in [-0.25, -0.2) is 0 Å². The number of nitrogens with zero attached hydrogens (tertiary/aromatic N) is 3. The lowest BCUT2D eigenvalue weighted by molar-refractivity contribution is -0.112. The van der Waals surface area contributed by atoms with Crippen molar-refractivity contribution >= 4 is 17.4 Å². The summed E-state index contributed by atoms with van der Waals surface area (Å²) in [6.45, 7) is 0.0437. The molecule has 0 spiro atoms. The number of rotatable bonds is 1. The molecule has 17 heavy (non-hydrogen) atoms. The summed E-state index contributed by atoms with van der Waals surface area (Å²) in [7, 11) is 0. The molecule has 0 radical (unpaired) electrons. The maximum absolute atomic E-state index is 11.4. The maximum atomic E-state index is 11.4. The lowest BCUT2D eigenvalue weighted by Crippen LogP contribution is -2.12. The van der Waals surface area contributed by atoms with Crippen LogP contribution < -0.4 is 5.32 Å². The summed E-state index contributed by atoms with van der Waals surface area (Å²) in [6, 6.07) is 4.89. The van der Waals surface area contributed by atoms with Crippen LogP contribution in [0.15, 0.2) is 23.3 Å². The first-order valence-electron chi connectivity index (χ1n) is 4.72. The zero-order valence-corrected chi connectivity index (χ0v) is 8.60. The van der Waals surface area contributed by atoms with Gasteiger partial charge in [-0.2, -0.15) is 0 Å². The Morgan fingerprint density at radius 2 is 2.24 bits per heavy atom. The Balaban J connectivity index is 2.38. The van der Waals surface area contributed by atoms with Crippen LogP contribution in [0.25, 0.3) is 10.4 Å². The average molecular weight is 226 g/mol. The van der Waals surface area contributed by atoms with Crippen LogP contribution in [0.3, 0.4) is 0 Å². The minimum Gasteiger partial charge on any atom is -0.317 e. The van der Waals surface area contributed by atoms with Crippen molar-refractivity contribution in [1.29, 1.82) is 0 Å². The summed E-state index contributed by atoms with van der Waals surface area (Å²) in [5.74, 6) is 4.16. The van der Waals surface area contributed by atoms with Gasteiger partial charge in [0, 0.05) is 10.5 Å². The molecule has 6 nitrogen and oxygen atoms in total. The molecule has 1 aromatic rings. The lowest BCUT2D eigenvalue weighted by atomic mass is 10.1. The number of carbonyl (C=O) groups is 2. The van der Waals surface area contributed by atoms with Crippen LogP contribution in [0, 0.1) is 11.8 Å². The first-order valence-corrected chi connectivity index (χ1v) is 4.72. The molecule has 1 aliphatic heterocycles. The summed E-state index contributed by atoms with van der Waals surface area (Å²) in [6.07, 6.45) is 0. The standard InChI is InChI=1S/C11H6N4O2/c12-15-13-6-2-4-7-3-1-5-8-9(7)14-11(17)10(8)16/h1,3,5H,6H2,(H,14,16,17). The Morgan fingerprint density at radius 3 is 3.00 bits per heavy atom. The van der Waals surface area contributed by atoms with Crippen molar-refractivity contribution in [3.63, 3.8) is 0 Å². The van der Waals surface area contributed by atoms with Crippen molar-refractivity contribution in [2.24, 2.45) is 5.11 Å². The summed E-state index contributed by atoms with van der Waals surface area (Å²) >= 11 is 0. The van der Waals surface area contributed by atoms with Crippen LogP contribution >= 0.6 is 0 Å². The van der Waals surface area contributed by atoms with Gasteiger partial charge in [0.1, 0.15) is 0 Å². The van der Waals surface area contributed by atoms with Gasteiger partial charge in [-0.1, -0.05) is 23.0 Å². The van der Waals surface area contributed by atoms with Crippen molar-refractivity contribution in [3.05, 3.63) is 39.8 Å². The van der Waals surface area contributed by atoms with Crippen LogP contribution in [0.5, 0.6) is 0 Å². The minimum absolute atomic E-state index is 0.0437. The van der Waals surface area contributed by atoms with Crippen molar-refractivity contribution in [2.45, 2.75) is 0 Å². The monoisotopic (exact) mass is 226 g/mol. The Bertz CT molecular complexity index is 618. The molecule has 6 heteroatoms. The number of para-hydroxylation sites is 1. The number of azide groups is 1. The highest BCUT2D eigenvalue weighted by Crippen LogP contribution is 2.26. The van der Waals surface area contributed by atoms with Crippen molar-refractivity contribution in [1.82, 2.24) is 0 Å². The molecule has 1 aromatic carbocycles. The van der Waals surface area contributed by atoms with Gasteiger partial charge in [0.05, 0.1) is 17.8 Å². The first kappa shape index (κ1) is 10.7. The molecule has 0 saturated heterocycles. The second-order valence-corrected chi connectivity index (χ2v) is 3.20. The van der Waals surface area contributed by atoms with E-state index in [-0.39, 0.29) is 6.54 Å². The molecule has 1 amide bonds. The van der Waals surface area contributed by atoms with Crippen LogP contribution in [0.2, 0.25) is 0 Å². The molecule has 0 unspecified atom stereocenters. The molecular weight excluding hydrogens is 220 g/mol. The van der Waals surface area contributed by atoms with Crippen LogP contribution in [0.4, 0.5) is 5.69 Å².